The summed E-state index contributed by atoms with van der Waals surface area (Å²) < 4.78 is 25.7. The van der Waals surface area contributed by atoms with Gasteiger partial charge in [0.2, 0.25) is 0 Å². The van der Waals surface area contributed by atoms with Crippen LogP contribution in [0.25, 0.3) is 0 Å². The Hall–Kier alpha value is -1.69. The number of benzene rings is 1. The number of halogens is 2. The van der Waals surface area contributed by atoms with Crippen LogP contribution in [0.5, 0.6) is 0 Å². The summed E-state index contributed by atoms with van der Waals surface area (Å²) in [7, 11) is 0. The minimum absolute atomic E-state index is 0.185. The smallest absolute Gasteiger partial charge is 0.334 e. The fraction of sp³-hybridized carbons (Fsp3) is 0.222. The predicted molar refractivity (Wildman–Crippen MR) is 48.5 cm³/mol. The van der Waals surface area contributed by atoms with Crippen LogP contribution in [-0.2, 0) is 4.79 Å². The third kappa shape index (κ3) is 2.88. The van der Waals surface area contributed by atoms with E-state index >= 15 is 0 Å². The number of aliphatic carboxylic acids is 1. The van der Waals surface area contributed by atoms with Crippen molar-refractivity contribution < 1.29 is 23.8 Å². The molecule has 0 fully saturated rings. The van der Waals surface area contributed by atoms with Crippen molar-refractivity contribution in [3.8, 4) is 0 Å². The zero-order valence-corrected chi connectivity index (χ0v) is 7.58. The molecule has 1 unspecified atom stereocenters. The zero-order chi connectivity index (χ0) is 11.4. The van der Waals surface area contributed by atoms with Gasteiger partial charge in [0.15, 0.2) is 17.7 Å². The molecule has 4 nitrogen and oxygen atoms in total. The highest BCUT2D eigenvalue weighted by molar-refractivity contribution is 5.72. The van der Waals surface area contributed by atoms with Crippen molar-refractivity contribution in [2.45, 2.75) is 6.10 Å². The summed E-state index contributed by atoms with van der Waals surface area (Å²) in [4.78, 5) is 10.2. The summed E-state index contributed by atoms with van der Waals surface area (Å²) in [6, 6.07) is 3.45. The lowest BCUT2D eigenvalue weighted by Crippen LogP contribution is -2.28. The lowest BCUT2D eigenvalue weighted by atomic mass is 10.2. The van der Waals surface area contributed by atoms with E-state index in [1.54, 1.807) is 0 Å². The van der Waals surface area contributed by atoms with Crippen LogP contribution in [0.4, 0.5) is 14.5 Å². The average Bonchev–Trinajstić information content (AvgIpc) is 2.19. The highest BCUT2D eigenvalue weighted by atomic mass is 19.2. The topological polar surface area (TPSA) is 69.6 Å². The van der Waals surface area contributed by atoms with Gasteiger partial charge in [-0.25, -0.2) is 13.6 Å². The zero-order valence-electron chi connectivity index (χ0n) is 7.58. The van der Waals surface area contributed by atoms with Gasteiger partial charge in [-0.1, -0.05) is 6.07 Å². The van der Waals surface area contributed by atoms with E-state index in [0.717, 1.165) is 6.07 Å². The van der Waals surface area contributed by atoms with Crippen LogP contribution in [0.15, 0.2) is 18.2 Å². The second-order valence-corrected chi connectivity index (χ2v) is 2.84. The number of carbonyl (C=O) groups is 1. The van der Waals surface area contributed by atoms with E-state index in [9.17, 15) is 13.6 Å². The lowest BCUT2D eigenvalue weighted by molar-refractivity contribution is -0.145. The fourth-order valence-electron chi connectivity index (χ4n) is 0.934. The molecule has 0 radical (unpaired) electrons. The highest BCUT2D eigenvalue weighted by Crippen LogP contribution is 2.16. The van der Waals surface area contributed by atoms with E-state index in [4.69, 9.17) is 10.2 Å². The number of hydrogen-bond acceptors (Lipinski definition) is 3. The third-order valence-electron chi connectivity index (χ3n) is 1.72. The first-order chi connectivity index (χ1) is 7.02. The molecule has 1 aromatic carbocycles. The average molecular weight is 217 g/mol. The van der Waals surface area contributed by atoms with Gasteiger partial charge in [-0.3, -0.25) is 0 Å². The summed E-state index contributed by atoms with van der Waals surface area (Å²) in [5, 5.41) is 19.5. The first-order valence-electron chi connectivity index (χ1n) is 4.11. The van der Waals surface area contributed by atoms with E-state index in [0.29, 0.717) is 0 Å². The molecule has 0 aromatic heterocycles. The van der Waals surface area contributed by atoms with Crippen LogP contribution in [0.1, 0.15) is 0 Å². The Kier molecular flexibility index (Phi) is 3.56. The Bertz CT molecular complexity index is 370. The minimum atomic E-state index is -1.66. The van der Waals surface area contributed by atoms with E-state index < -0.39 is 30.3 Å². The molecule has 15 heavy (non-hydrogen) atoms. The Morgan fingerprint density at radius 3 is 2.73 bits per heavy atom. The molecule has 1 atom stereocenters. The highest BCUT2D eigenvalue weighted by Gasteiger charge is 2.14. The summed E-state index contributed by atoms with van der Waals surface area (Å²) in [5.41, 5.74) is -0.185. The molecule has 0 aliphatic heterocycles. The van der Waals surface area contributed by atoms with Gasteiger partial charge in [-0.05, 0) is 12.1 Å². The normalized spacial score (nSPS) is 12.2. The molecule has 6 heteroatoms. The van der Waals surface area contributed by atoms with E-state index in [1.807, 2.05) is 0 Å². The number of rotatable bonds is 4. The maximum atomic E-state index is 13.0. The van der Waals surface area contributed by atoms with Crippen molar-refractivity contribution in [1.82, 2.24) is 0 Å². The predicted octanol–water partition coefficient (Wildman–Crippen LogP) is 0.822. The maximum absolute atomic E-state index is 13.0. The molecule has 0 bridgehead atoms. The van der Waals surface area contributed by atoms with Crippen LogP contribution >= 0.6 is 0 Å². The molecule has 0 spiro atoms. The summed E-state index contributed by atoms with van der Waals surface area (Å²) in [6.45, 7) is -0.393. The van der Waals surface area contributed by atoms with Crippen molar-refractivity contribution in [3.63, 3.8) is 0 Å². The van der Waals surface area contributed by atoms with Crippen LogP contribution < -0.4 is 5.32 Å². The number of carboxylic acids is 1. The van der Waals surface area contributed by atoms with Crippen molar-refractivity contribution >= 4 is 11.7 Å². The van der Waals surface area contributed by atoms with Crippen molar-refractivity contribution in [2.24, 2.45) is 0 Å². The number of carboxylic acid groups (broad SMARTS) is 1. The quantitative estimate of drug-likeness (QED) is 0.698. The van der Waals surface area contributed by atoms with Crippen LogP contribution in [0, 0.1) is 11.6 Å². The molecule has 0 saturated heterocycles. The number of aliphatic hydroxyl groups excluding tert-OH is 1. The van der Waals surface area contributed by atoms with E-state index in [1.165, 1.54) is 12.1 Å². The Balaban J connectivity index is 2.66. The van der Waals surface area contributed by atoms with Crippen molar-refractivity contribution in [2.75, 3.05) is 11.9 Å². The van der Waals surface area contributed by atoms with Crippen molar-refractivity contribution in [3.05, 3.63) is 29.8 Å². The van der Waals surface area contributed by atoms with Gasteiger partial charge < -0.3 is 15.5 Å². The van der Waals surface area contributed by atoms with Gasteiger partial charge in [0, 0.05) is 0 Å². The molecule has 82 valence electrons. The fourth-order valence-corrected chi connectivity index (χ4v) is 0.934. The number of anilines is 1. The van der Waals surface area contributed by atoms with E-state index in [-0.39, 0.29) is 5.69 Å². The number of aliphatic hydroxyl groups is 1. The minimum Gasteiger partial charge on any atom is -0.479 e. The monoisotopic (exact) mass is 217 g/mol. The first-order valence-corrected chi connectivity index (χ1v) is 4.11. The standard InChI is InChI=1S/C9H9F2NO3/c10-5-2-1-3-6(8(5)11)12-4-7(13)9(14)15/h1-3,7,12-13H,4H2,(H,14,15). The summed E-state index contributed by atoms with van der Waals surface area (Å²) >= 11 is 0. The number of hydrogen-bond donors (Lipinski definition) is 3. The lowest BCUT2D eigenvalue weighted by Gasteiger charge is -2.09. The molecular formula is C9H9F2NO3. The molecule has 0 aliphatic carbocycles. The van der Waals surface area contributed by atoms with Crippen LogP contribution in [0.3, 0.4) is 0 Å². The second-order valence-electron chi connectivity index (χ2n) is 2.84. The Labute approximate surface area is 84.2 Å². The molecular weight excluding hydrogens is 208 g/mol. The summed E-state index contributed by atoms with van der Waals surface area (Å²) in [5.74, 6) is -3.57. The first kappa shape index (κ1) is 11.4. The van der Waals surface area contributed by atoms with E-state index in [2.05, 4.69) is 5.32 Å². The molecule has 3 N–H and O–H groups in total. The van der Waals surface area contributed by atoms with Crippen molar-refractivity contribution in [1.29, 1.82) is 0 Å². The molecule has 0 aliphatic rings. The van der Waals surface area contributed by atoms with Crippen LogP contribution in [0.2, 0.25) is 0 Å². The summed E-state index contributed by atoms with van der Waals surface area (Å²) in [6.07, 6.45) is -1.66. The maximum Gasteiger partial charge on any atom is 0.334 e. The van der Waals surface area contributed by atoms with Gasteiger partial charge in [0.05, 0.1) is 12.2 Å². The van der Waals surface area contributed by atoms with Gasteiger partial charge in [-0.15, -0.1) is 0 Å². The molecule has 0 saturated carbocycles. The van der Waals surface area contributed by atoms with Gasteiger partial charge in [0.1, 0.15) is 0 Å². The van der Waals surface area contributed by atoms with Crippen LogP contribution in [-0.4, -0.2) is 28.8 Å². The third-order valence-corrected chi connectivity index (χ3v) is 1.72. The van der Waals surface area contributed by atoms with Gasteiger partial charge >= 0.3 is 5.97 Å². The molecule has 0 amide bonds. The largest absolute Gasteiger partial charge is 0.479 e. The Morgan fingerprint density at radius 2 is 2.13 bits per heavy atom. The molecule has 0 heterocycles. The van der Waals surface area contributed by atoms with Gasteiger partial charge in [0.25, 0.3) is 0 Å². The van der Waals surface area contributed by atoms with Gasteiger partial charge in [-0.2, -0.15) is 0 Å². The molecule has 1 rings (SSSR count). The molecule has 1 aromatic rings. The SMILES string of the molecule is O=C(O)C(O)CNc1cccc(F)c1F. The number of nitrogens with one attached hydrogen (secondary N) is 1. The Morgan fingerprint density at radius 1 is 1.47 bits per heavy atom. The second kappa shape index (κ2) is 4.70.